The zero-order chi connectivity index (χ0) is 18.5. The second kappa shape index (κ2) is 8.13. The van der Waals surface area contributed by atoms with Crippen molar-refractivity contribution in [3.8, 4) is 11.5 Å². The van der Waals surface area contributed by atoms with E-state index in [2.05, 4.69) is 33.0 Å². The molecule has 0 radical (unpaired) electrons. The maximum atomic E-state index is 5.63. The molecule has 0 bridgehead atoms. The minimum Gasteiger partial charge on any atom is -0.496 e. The highest BCUT2D eigenvalue weighted by molar-refractivity contribution is 5.88. The summed E-state index contributed by atoms with van der Waals surface area (Å²) in [7, 11) is 7.45. The topological polar surface area (TPSA) is 37.3 Å². The fourth-order valence-corrected chi connectivity index (χ4v) is 3.19. The van der Waals surface area contributed by atoms with Gasteiger partial charge in [0.1, 0.15) is 11.5 Å². The van der Waals surface area contributed by atoms with E-state index < -0.39 is 0 Å². The summed E-state index contributed by atoms with van der Waals surface area (Å²) >= 11 is 0. The van der Waals surface area contributed by atoms with Crippen LogP contribution in [-0.4, -0.2) is 47.6 Å². The Hall–Kier alpha value is -2.69. The van der Waals surface area contributed by atoms with Crippen molar-refractivity contribution >= 4 is 23.3 Å². The maximum Gasteiger partial charge on any atom is 0.143 e. The first-order valence-electron chi connectivity index (χ1n) is 8.95. The second-order valence-corrected chi connectivity index (χ2v) is 6.63. The van der Waals surface area contributed by atoms with Crippen molar-refractivity contribution in [1.82, 2.24) is 0 Å². The molecule has 26 heavy (non-hydrogen) atoms. The van der Waals surface area contributed by atoms with Crippen LogP contribution in [-0.2, 0) is 0 Å². The molecule has 138 valence electrons. The summed E-state index contributed by atoms with van der Waals surface area (Å²) in [6, 6.07) is 12.2. The van der Waals surface area contributed by atoms with Crippen molar-refractivity contribution in [2.75, 3.05) is 51.2 Å². The predicted molar refractivity (Wildman–Crippen MR) is 109 cm³/mol. The molecule has 1 heterocycles. The highest BCUT2D eigenvalue weighted by Crippen LogP contribution is 2.36. The standard InChI is InChI=1S/C21H27N3O2/c1-23(2)18-9-7-17(8-10-18)22-15-16-13-21(26-4)19(14-20(16)25-3)24-11-5-6-12-24/h7-10,13-15H,5-6,11-12H2,1-4H3. The van der Waals surface area contributed by atoms with Crippen molar-refractivity contribution in [2.24, 2.45) is 4.99 Å². The zero-order valence-electron chi connectivity index (χ0n) is 16.0. The highest BCUT2D eigenvalue weighted by atomic mass is 16.5. The van der Waals surface area contributed by atoms with Crippen molar-refractivity contribution in [1.29, 1.82) is 0 Å². The van der Waals surface area contributed by atoms with Gasteiger partial charge in [0.15, 0.2) is 0 Å². The lowest BCUT2D eigenvalue weighted by molar-refractivity contribution is 0.402. The molecule has 3 rings (SSSR count). The summed E-state index contributed by atoms with van der Waals surface area (Å²) in [6.45, 7) is 2.12. The van der Waals surface area contributed by atoms with E-state index in [9.17, 15) is 0 Å². The Morgan fingerprint density at radius 1 is 0.962 bits per heavy atom. The largest absolute Gasteiger partial charge is 0.496 e. The lowest BCUT2D eigenvalue weighted by Gasteiger charge is -2.22. The molecule has 0 spiro atoms. The molecule has 0 aromatic heterocycles. The fourth-order valence-electron chi connectivity index (χ4n) is 3.19. The third kappa shape index (κ3) is 3.93. The number of hydrogen-bond donors (Lipinski definition) is 0. The first-order valence-corrected chi connectivity index (χ1v) is 8.95. The quantitative estimate of drug-likeness (QED) is 0.732. The third-order valence-electron chi connectivity index (χ3n) is 4.70. The molecule has 1 aliphatic heterocycles. The van der Waals surface area contributed by atoms with Gasteiger partial charge in [0, 0.05) is 50.7 Å². The summed E-state index contributed by atoms with van der Waals surface area (Å²) in [6.07, 6.45) is 4.27. The normalized spacial score (nSPS) is 14.1. The summed E-state index contributed by atoms with van der Waals surface area (Å²) in [5, 5.41) is 0. The first-order chi connectivity index (χ1) is 12.6. The van der Waals surface area contributed by atoms with Gasteiger partial charge in [-0.25, -0.2) is 0 Å². The number of methoxy groups -OCH3 is 2. The molecule has 1 aliphatic rings. The van der Waals surface area contributed by atoms with Crippen LogP contribution < -0.4 is 19.3 Å². The van der Waals surface area contributed by atoms with Crippen molar-refractivity contribution in [2.45, 2.75) is 12.8 Å². The average molecular weight is 353 g/mol. The van der Waals surface area contributed by atoms with E-state index >= 15 is 0 Å². The summed E-state index contributed by atoms with van der Waals surface area (Å²) in [5.41, 5.74) is 4.05. The first kappa shape index (κ1) is 18.1. The Labute approximate surface area is 155 Å². The van der Waals surface area contributed by atoms with Gasteiger partial charge in [-0.1, -0.05) is 0 Å². The Morgan fingerprint density at radius 2 is 1.62 bits per heavy atom. The third-order valence-corrected chi connectivity index (χ3v) is 4.70. The number of anilines is 2. The summed E-state index contributed by atoms with van der Waals surface area (Å²) < 4.78 is 11.2. The van der Waals surface area contributed by atoms with Crippen LogP contribution in [0.15, 0.2) is 41.4 Å². The van der Waals surface area contributed by atoms with Crippen LogP contribution in [0.4, 0.5) is 17.1 Å². The molecule has 0 N–H and O–H groups in total. The van der Waals surface area contributed by atoms with Crippen molar-refractivity contribution < 1.29 is 9.47 Å². The molecule has 2 aromatic carbocycles. The molecule has 1 saturated heterocycles. The molecule has 0 saturated carbocycles. The van der Waals surface area contributed by atoms with Crippen LogP contribution >= 0.6 is 0 Å². The number of benzene rings is 2. The molecule has 0 amide bonds. The van der Waals surface area contributed by atoms with Crippen LogP contribution in [0.3, 0.4) is 0 Å². The van der Waals surface area contributed by atoms with Gasteiger partial charge in [0.2, 0.25) is 0 Å². The van der Waals surface area contributed by atoms with Gasteiger partial charge >= 0.3 is 0 Å². The van der Waals surface area contributed by atoms with E-state index in [4.69, 9.17) is 9.47 Å². The predicted octanol–water partition coefficient (Wildman–Crippen LogP) is 4.12. The van der Waals surface area contributed by atoms with E-state index in [0.717, 1.165) is 47.2 Å². The van der Waals surface area contributed by atoms with E-state index in [1.54, 1.807) is 14.2 Å². The van der Waals surface area contributed by atoms with Crippen LogP contribution in [0.5, 0.6) is 11.5 Å². The molecule has 0 atom stereocenters. The van der Waals surface area contributed by atoms with Gasteiger partial charge in [-0.15, -0.1) is 0 Å². The van der Waals surface area contributed by atoms with E-state index in [0.29, 0.717) is 0 Å². The van der Waals surface area contributed by atoms with Gasteiger partial charge in [0.05, 0.1) is 25.6 Å². The summed E-state index contributed by atoms with van der Waals surface area (Å²) in [5.74, 6) is 1.67. The van der Waals surface area contributed by atoms with Crippen molar-refractivity contribution in [3.05, 3.63) is 42.0 Å². The van der Waals surface area contributed by atoms with Crippen LogP contribution in [0, 0.1) is 0 Å². The van der Waals surface area contributed by atoms with Gasteiger partial charge in [0.25, 0.3) is 0 Å². The Morgan fingerprint density at radius 3 is 2.19 bits per heavy atom. The Bertz CT molecular complexity index is 764. The van der Waals surface area contributed by atoms with Crippen LogP contribution in [0.25, 0.3) is 0 Å². The van der Waals surface area contributed by atoms with Gasteiger partial charge in [-0.2, -0.15) is 0 Å². The van der Waals surface area contributed by atoms with Gasteiger partial charge in [-0.05, 0) is 43.2 Å². The number of ether oxygens (including phenoxy) is 2. The molecule has 1 fully saturated rings. The number of hydrogen-bond acceptors (Lipinski definition) is 5. The monoisotopic (exact) mass is 353 g/mol. The summed E-state index contributed by atoms with van der Waals surface area (Å²) in [4.78, 5) is 9.01. The minimum absolute atomic E-state index is 0.807. The van der Waals surface area contributed by atoms with Gasteiger partial charge in [-0.3, -0.25) is 4.99 Å². The SMILES string of the molecule is COc1cc(N2CCCC2)c(OC)cc1C=Nc1ccc(N(C)C)cc1. The Balaban J connectivity index is 1.88. The van der Waals surface area contributed by atoms with E-state index in [1.807, 2.05) is 38.5 Å². The van der Waals surface area contributed by atoms with E-state index in [-0.39, 0.29) is 0 Å². The highest BCUT2D eigenvalue weighted by Gasteiger charge is 2.19. The zero-order valence-corrected chi connectivity index (χ0v) is 16.0. The van der Waals surface area contributed by atoms with Gasteiger partial charge < -0.3 is 19.3 Å². The average Bonchev–Trinajstić information content (AvgIpc) is 3.20. The van der Waals surface area contributed by atoms with E-state index in [1.165, 1.54) is 12.8 Å². The number of nitrogens with zero attached hydrogens (tertiary/aromatic N) is 3. The van der Waals surface area contributed by atoms with Crippen LogP contribution in [0.1, 0.15) is 18.4 Å². The smallest absolute Gasteiger partial charge is 0.143 e. The Kier molecular flexibility index (Phi) is 5.66. The minimum atomic E-state index is 0.807. The molecular formula is C21H27N3O2. The van der Waals surface area contributed by atoms with Crippen LogP contribution in [0.2, 0.25) is 0 Å². The molecular weight excluding hydrogens is 326 g/mol. The maximum absolute atomic E-state index is 5.63. The molecule has 0 unspecified atom stereocenters. The number of aliphatic imine (C=N–C) groups is 1. The van der Waals surface area contributed by atoms with Crippen molar-refractivity contribution in [3.63, 3.8) is 0 Å². The molecule has 0 aliphatic carbocycles. The molecule has 5 nitrogen and oxygen atoms in total. The fraction of sp³-hybridized carbons (Fsp3) is 0.381. The molecule has 2 aromatic rings. The molecule has 5 heteroatoms. The lowest BCUT2D eigenvalue weighted by Crippen LogP contribution is -2.18. The second-order valence-electron chi connectivity index (χ2n) is 6.63. The lowest BCUT2D eigenvalue weighted by atomic mass is 10.1. The number of rotatable bonds is 6.